The Hall–Kier alpha value is -3.23. The van der Waals surface area contributed by atoms with Crippen LogP contribution >= 0.6 is 0 Å². The van der Waals surface area contributed by atoms with Crippen molar-refractivity contribution in [2.24, 2.45) is 0 Å². The van der Waals surface area contributed by atoms with Crippen LogP contribution < -0.4 is 21.3 Å². The van der Waals surface area contributed by atoms with E-state index < -0.39 is 0 Å². The first-order valence-corrected chi connectivity index (χ1v) is 12.0. The third-order valence-corrected chi connectivity index (χ3v) is 6.39. The molecule has 0 radical (unpaired) electrons. The Labute approximate surface area is 200 Å². The summed E-state index contributed by atoms with van der Waals surface area (Å²) >= 11 is 0. The Morgan fingerprint density at radius 2 is 1.18 bits per heavy atom. The van der Waals surface area contributed by atoms with E-state index in [9.17, 15) is 14.4 Å². The van der Waals surface area contributed by atoms with Crippen molar-refractivity contribution in [3.63, 3.8) is 0 Å². The standard InChI is InChI=1S/C26H33N5O3/c1-18(32)31(16-19-6-10-21(11-7-19)29-25(33)23-4-2-14-27-23)17-20-8-12-22(13-9-20)30-26(34)24-5-3-15-28-24/h6-13,23-24,27-28H,2-5,14-17H2,1H3,(H,29,33)(H,30,34)/t23-,24?/m0/s1. The summed E-state index contributed by atoms with van der Waals surface area (Å²) in [5.41, 5.74) is 3.48. The molecule has 0 saturated carbocycles. The van der Waals surface area contributed by atoms with Gasteiger partial charge in [-0.15, -0.1) is 0 Å². The normalized spacial score (nSPS) is 19.6. The average molecular weight is 464 g/mol. The molecule has 8 heteroatoms. The minimum Gasteiger partial charge on any atom is -0.334 e. The average Bonchev–Trinajstić information content (AvgIpc) is 3.56. The fraction of sp³-hybridized carbons (Fsp3) is 0.423. The van der Waals surface area contributed by atoms with E-state index in [1.807, 2.05) is 48.5 Å². The second-order valence-electron chi connectivity index (χ2n) is 9.05. The lowest BCUT2D eigenvalue weighted by atomic mass is 10.1. The molecule has 8 nitrogen and oxygen atoms in total. The van der Waals surface area contributed by atoms with Crippen molar-refractivity contribution in [1.29, 1.82) is 0 Å². The monoisotopic (exact) mass is 463 g/mol. The van der Waals surface area contributed by atoms with E-state index in [0.29, 0.717) is 13.1 Å². The van der Waals surface area contributed by atoms with Crippen molar-refractivity contribution in [1.82, 2.24) is 15.5 Å². The third kappa shape index (κ3) is 6.42. The highest BCUT2D eigenvalue weighted by atomic mass is 16.2. The van der Waals surface area contributed by atoms with Crippen LogP contribution in [0.3, 0.4) is 0 Å². The molecule has 2 aliphatic rings. The molecule has 34 heavy (non-hydrogen) atoms. The molecule has 0 spiro atoms. The van der Waals surface area contributed by atoms with Gasteiger partial charge in [-0.05, 0) is 74.2 Å². The number of carbonyl (C=O) groups is 3. The molecule has 3 amide bonds. The number of amides is 3. The third-order valence-electron chi connectivity index (χ3n) is 6.39. The Kier molecular flexibility index (Phi) is 7.92. The van der Waals surface area contributed by atoms with Crippen LogP contribution in [0.2, 0.25) is 0 Å². The Morgan fingerprint density at radius 1 is 0.765 bits per heavy atom. The van der Waals surface area contributed by atoms with Gasteiger partial charge in [0.15, 0.2) is 0 Å². The highest BCUT2D eigenvalue weighted by molar-refractivity contribution is 5.95. The summed E-state index contributed by atoms with van der Waals surface area (Å²) in [6.45, 7) is 4.27. The van der Waals surface area contributed by atoms with Crippen molar-refractivity contribution < 1.29 is 14.4 Å². The van der Waals surface area contributed by atoms with Gasteiger partial charge in [-0.25, -0.2) is 0 Å². The van der Waals surface area contributed by atoms with Gasteiger partial charge in [0.2, 0.25) is 17.7 Å². The van der Waals surface area contributed by atoms with Crippen LogP contribution in [-0.2, 0) is 27.5 Å². The van der Waals surface area contributed by atoms with Crippen LogP contribution in [-0.4, -0.2) is 47.8 Å². The van der Waals surface area contributed by atoms with E-state index in [1.54, 1.807) is 11.8 Å². The van der Waals surface area contributed by atoms with Crippen LogP contribution in [0.4, 0.5) is 11.4 Å². The van der Waals surface area contributed by atoms with E-state index in [4.69, 9.17) is 0 Å². The first-order chi connectivity index (χ1) is 16.5. The fourth-order valence-electron chi connectivity index (χ4n) is 4.38. The maximum Gasteiger partial charge on any atom is 0.241 e. The zero-order valence-corrected chi connectivity index (χ0v) is 19.6. The predicted octanol–water partition coefficient (Wildman–Crippen LogP) is 2.62. The maximum atomic E-state index is 12.3. The summed E-state index contributed by atoms with van der Waals surface area (Å²) in [5.74, 6) is -0.0288. The second-order valence-corrected chi connectivity index (χ2v) is 9.05. The topological polar surface area (TPSA) is 103 Å². The molecular formula is C26H33N5O3. The Morgan fingerprint density at radius 3 is 1.50 bits per heavy atom. The predicted molar refractivity (Wildman–Crippen MR) is 132 cm³/mol. The van der Waals surface area contributed by atoms with E-state index >= 15 is 0 Å². The minimum atomic E-state index is -0.119. The smallest absolute Gasteiger partial charge is 0.241 e. The zero-order valence-electron chi connectivity index (χ0n) is 19.6. The SMILES string of the molecule is CC(=O)N(Cc1ccc(NC(=O)C2CCCN2)cc1)Cc1ccc(NC(=O)[C@@H]2CCCN2)cc1. The number of rotatable bonds is 8. The molecule has 0 aliphatic carbocycles. The molecule has 2 aromatic rings. The van der Waals surface area contributed by atoms with Gasteiger partial charge in [0.25, 0.3) is 0 Å². The first kappa shape index (κ1) is 23.9. The summed E-state index contributed by atoms with van der Waals surface area (Å²) in [6.07, 6.45) is 3.77. The van der Waals surface area contributed by atoms with Crippen molar-refractivity contribution in [2.45, 2.75) is 57.8 Å². The van der Waals surface area contributed by atoms with Gasteiger partial charge in [-0.1, -0.05) is 24.3 Å². The van der Waals surface area contributed by atoms with Crippen LogP contribution in [0.1, 0.15) is 43.7 Å². The summed E-state index contributed by atoms with van der Waals surface area (Å²) in [7, 11) is 0. The molecule has 4 rings (SSSR count). The molecule has 4 N–H and O–H groups in total. The maximum absolute atomic E-state index is 12.3. The number of nitrogens with zero attached hydrogens (tertiary/aromatic N) is 1. The first-order valence-electron chi connectivity index (χ1n) is 12.0. The molecule has 2 atom stereocenters. The number of hydrogen-bond donors (Lipinski definition) is 4. The van der Waals surface area contributed by atoms with E-state index in [2.05, 4.69) is 21.3 Å². The largest absolute Gasteiger partial charge is 0.334 e. The van der Waals surface area contributed by atoms with Crippen LogP contribution in [0, 0.1) is 0 Å². The van der Waals surface area contributed by atoms with Gasteiger partial charge >= 0.3 is 0 Å². The number of hydrogen-bond acceptors (Lipinski definition) is 5. The van der Waals surface area contributed by atoms with Crippen LogP contribution in [0.5, 0.6) is 0 Å². The van der Waals surface area contributed by atoms with Crippen LogP contribution in [0.15, 0.2) is 48.5 Å². The van der Waals surface area contributed by atoms with Gasteiger partial charge in [0.05, 0.1) is 12.1 Å². The van der Waals surface area contributed by atoms with Gasteiger partial charge in [-0.3, -0.25) is 14.4 Å². The van der Waals surface area contributed by atoms with Crippen molar-refractivity contribution >= 4 is 29.1 Å². The van der Waals surface area contributed by atoms with Gasteiger partial charge in [-0.2, -0.15) is 0 Å². The molecule has 2 aliphatic heterocycles. The Bertz CT molecular complexity index is 919. The molecule has 0 aromatic heterocycles. The number of anilines is 2. The highest BCUT2D eigenvalue weighted by Gasteiger charge is 2.23. The summed E-state index contributed by atoms with van der Waals surface area (Å²) in [6, 6.07) is 15.0. The molecular weight excluding hydrogens is 430 g/mol. The lowest BCUT2D eigenvalue weighted by molar-refractivity contribution is -0.130. The summed E-state index contributed by atoms with van der Waals surface area (Å²) < 4.78 is 0. The molecule has 180 valence electrons. The van der Waals surface area contributed by atoms with E-state index in [0.717, 1.165) is 61.3 Å². The van der Waals surface area contributed by atoms with Gasteiger partial charge in [0, 0.05) is 31.4 Å². The van der Waals surface area contributed by atoms with Crippen molar-refractivity contribution in [3.05, 3.63) is 59.7 Å². The Balaban J connectivity index is 1.31. The number of carbonyl (C=O) groups excluding carboxylic acids is 3. The lowest BCUT2D eigenvalue weighted by Crippen LogP contribution is -2.35. The van der Waals surface area contributed by atoms with Crippen LogP contribution in [0.25, 0.3) is 0 Å². The molecule has 0 bridgehead atoms. The van der Waals surface area contributed by atoms with Gasteiger partial charge < -0.3 is 26.2 Å². The van der Waals surface area contributed by atoms with Crippen molar-refractivity contribution in [3.8, 4) is 0 Å². The molecule has 2 saturated heterocycles. The zero-order chi connectivity index (χ0) is 23.9. The molecule has 2 aromatic carbocycles. The second kappa shape index (κ2) is 11.3. The number of nitrogens with one attached hydrogen (secondary N) is 4. The van der Waals surface area contributed by atoms with Gasteiger partial charge in [0.1, 0.15) is 0 Å². The molecule has 2 heterocycles. The quantitative estimate of drug-likeness (QED) is 0.482. The molecule has 2 fully saturated rings. The van der Waals surface area contributed by atoms with E-state index in [1.165, 1.54) is 0 Å². The van der Waals surface area contributed by atoms with E-state index in [-0.39, 0.29) is 29.8 Å². The highest BCUT2D eigenvalue weighted by Crippen LogP contribution is 2.17. The summed E-state index contributed by atoms with van der Waals surface area (Å²) in [4.78, 5) is 38.6. The molecule has 1 unspecified atom stereocenters. The minimum absolute atomic E-state index is 0.00486. The van der Waals surface area contributed by atoms with Crippen molar-refractivity contribution in [2.75, 3.05) is 23.7 Å². The number of benzene rings is 2. The summed E-state index contributed by atoms with van der Waals surface area (Å²) in [5, 5.41) is 12.3. The fourth-order valence-corrected chi connectivity index (χ4v) is 4.38. The lowest BCUT2D eigenvalue weighted by Gasteiger charge is -2.22.